The minimum Gasteiger partial charge on any atom is -0.352 e. The number of anilines is 1. The van der Waals surface area contributed by atoms with Gasteiger partial charge in [-0.25, -0.2) is 0 Å². The highest BCUT2D eigenvalue weighted by Crippen LogP contribution is 2.26. The number of aryl methyl sites for hydroxylation is 1. The predicted octanol–water partition coefficient (Wildman–Crippen LogP) is 2.87. The van der Waals surface area contributed by atoms with E-state index in [-0.39, 0.29) is 36.2 Å². The molecule has 1 saturated carbocycles. The lowest BCUT2D eigenvalue weighted by atomic mass is 10.1. The molecule has 0 aliphatic heterocycles. The number of nitrogens with one attached hydrogen (secondary N) is 2. The van der Waals surface area contributed by atoms with Crippen molar-refractivity contribution in [2.75, 3.05) is 11.9 Å². The number of benzene rings is 1. The number of hydrogen-bond donors (Lipinski definition) is 3. The Kier molecular flexibility index (Phi) is 7.70. The topological polar surface area (TPSA) is 84.2 Å². The van der Waals surface area contributed by atoms with Crippen molar-refractivity contribution in [2.45, 2.75) is 46.1 Å². The van der Waals surface area contributed by atoms with Crippen molar-refractivity contribution in [3.05, 3.63) is 29.3 Å². The highest BCUT2D eigenvalue weighted by Gasteiger charge is 2.27. The van der Waals surface area contributed by atoms with Gasteiger partial charge in [0.25, 0.3) is 5.91 Å². The summed E-state index contributed by atoms with van der Waals surface area (Å²) < 4.78 is 0. The van der Waals surface area contributed by atoms with E-state index >= 15 is 0 Å². The Morgan fingerprint density at radius 3 is 2.54 bits per heavy atom. The Labute approximate surface area is 150 Å². The van der Waals surface area contributed by atoms with Gasteiger partial charge in [0, 0.05) is 29.8 Å². The molecule has 1 aromatic carbocycles. The van der Waals surface area contributed by atoms with Crippen LogP contribution in [0.5, 0.6) is 0 Å². The van der Waals surface area contributed by atoms with Crippen molar-refractivity contribution in [2.24, 2.45) is 17.6 Å². The van der Waals surface area contributed by atoms with Crippen LogP contribution >= 0.6 is 12.4 Å². The van der Waals surface area contributed by atoms with E-state index in [1.807, 2.05) is 13.0 Å². The Morgan fingerprint density at radius 1 is 1.29 bits per heavy atom. The van der Waals surface area contributed by atoms with Crippen LogP contribution in [0.1, 0.15) is 49.0 Å². The van der Waals surface area contributed by atoms with Crippen molar-refractivity contribution >= 4 is 29.9 Å². The van der Waals surface area contributed by atoms with Crippen molar-refractivity contribution in [1.29, 1.82) is 0 Å². The van der Waals surface area contributed by atoms with Gasteiger partial charge in [-0.3, -0.25) is 9.59 Å². The van der Waals surface area contributed by atoms with Gasteiger partial charge in [-0.05, 0) is 55.9 Å². The van der Waals surface area contributed by atoms with E-state index in [2.05, 4.69) is 24.5 Å². The van der Waals surface area contributed by atoms with Crippen LogP contribution in [0.2, 0.25) is 0 Å². The molecule has 5 nitrogen and oxygen atoms in total. The SMILES string of the molecule is Cc1cc(C(=O)NCC(C)C)ccc1NC(=O)C1CCC(N)C1.Cl. The zero-order chi connectivity index (χ0) is 17.0. The molecule has 0 radical (unpaired) electrons. The molecule has 4 N–H and O–H groups in total. The van der Waals surface area contributed by atoms with Crippen LogP contribution in [0.15, 0.2) is 18.2 Å². The summed E-state index contributed by atoms with van der Waals surface area (Å²) in [5.74, 6) is 0.356. The summed E-state index contributed by atoms with van der Waals surface area (Å²) in [6, 6.07) is 5.50. The minimum absolute atomic E-state index is 0. The molecule has 0 saturated heterocycles. The monoisotopic (exact) mass is 353 g/mol. The van der Waals surface area contributed by atoms with Crippen LogP contribution in [-0.2, 0) is 4.79 Å². The largest absolute Gasteiger partial charge is 0.352 e. The molecule has 134 valence electrons. The second-order valence-electron chi connectivity index (χ2n) is 6.89. The zero-order valence-electron chi connectivity index (χ0n) is 14.6. The van der Waals surface area contributed by atoms with Crippen molar-refractivity contribution in [3.8, 4) is 0 Å². The lowest BCUT2D eigenvalue weighted by molar-refractivity contribution is -0.119. The normalized spacial score (nSPS) is 19.7. The molecule has 1 fully saturated rings. The highest BCUT2D eigenvalue weighted by atomic mass is 35.5. The third kappa shape index (κ3) is 5.49. The molecule has 2 amide bonds. The minimum atomic E-state index is -0.0820. The van der Waals surface area contributed by atoms with Crippen LogP contribution in [0, 0.1) is 18.8 Å². The van der Waals surface area contributed by atoms with E-state index in [0.29, 0.717) is 18.0 Å². The summed E-state index contributed by atoms with van der Waals surface area (Å²) >= 11 is 0. The number of rotatable bonds is 5. The number of hydrogen-bond acceptors (Lipinski definition) is 3. The molecule has 2 atom stereocenters. The van der Waals surface area contributed by atoms with E-state index in [1.165, 1.54) is 0 Å². The zero-order valence-corrected chi connectivity index (χ0v) is 15.4. The first-order valence-electron chi connectivity index (χ1n) is 8.32. The Hall–Kier alpha value is -1.59. The van der Waals surface area contributed by atoms with Gasteiger partial charge in [-0.1, -0.05) is 13.8 Å². The summed E-state index contributed by atoms with van der Waals surface area (Å²) in [6.07, 6.45) is 2.51. The lowest BCUT2D eigenvalue weighted by Crippen LogP contribution is -2.27. The molecule has 2 unspecified atom stereocenters. The molecule has 1 aliphatic rings. The molecule has 6 heteroatoms. The smallest absolute Gasteiger partial charge is 0.251 e. The second-order valence-corrected chi connectivity index (χ2v) is 6.89. The summed E-state index contributed by atoms with van der Waals surface area (Å²) in [6.45, 7) is 6.66. The van der Waals surface area contributed by atoms with Gasteiger partial charge in [0.15, 0.2) is 0 Å². The van der Waals surface area contributed by atoms with E-state index in [9.17, 15) is 9.59 Å². The molecular weight excluding hydrogens is 326 g/mol. The fourth-order valence-electron chi connectivity index (χ4n) is 2.83. The van der Waals surface area contributed by atoms with Crippen LogP contribution < -0.4 is 16.4 Å². The summed E-state index contributed by atoms with van der Waals surface area (Å²) in [5.41, 5.74) is 8.13. The van der Waals surface area contributed by atoms with E-state index in [1.54, 1.807) is 12.1 Å². The van der Waals surface area contributed by atoms with Crippen LogP contribution in [0.4, 0.5) is 5.69 Å². The number of carbonyl (C=O) groups excluding carboxylic acids is 2. The average Bonchev–Trinajstić information content (AvgIpc) is 2.93. The quantitative estimate of drug-likeness (QED) is 0.761. The lowest BCUT2D eigenvalue weighted by Gasteiger charge is -2.14. The first-order valence-corrected chi connectivity index (χ1v) is 8.32. The standard InChI is InChI=1S/C18H27N3O2.ClH/c1-11(2)10-20-17(22)13-5-7-16(12(3)8-13)21-18(23)14-4-6-15(19)9-14;/h5,7-8,11,14-15H,4,6,9-10,19H2,1-3H3,(H,20,22)(H,21,23);1H. The first kappa shape index (κ1) is 20.5. The molecule has 0 aromatic heterocycles. The van der Waals surface area contributed by atoms with Crippen molar-refractivity contribution < 1.29 is 9.59 Å². The number of halogens is 1. The van der Waals surface area contributed by atoms with Gasteiger partial charge in [-0.2, -0.15) is 0 Å². The fourth-order valence-corrected chi connectivity index (χ4v) is 2.83. The molecule has 0 heterocycles. The Balaban J connectivity index is 0.00000288. The molecule has 24 heavy (non-hydrogen) atoms. The molecule has 1 aliphatic carbocycles. The van der Waals surface area contributed by atoms with Crippen molar-refractivity contribution in [3.63, 3.8) is 0 Å². The Bertz CT molecular complexity index is 590. The molecular formula is C18H28ClN3O2. The molecule has 0 bridgehead atoms. The van der Waals surface area contributed by atoms with Gasteiger partial charge in [0.2, 0.25) is 5.91 Å². The maximum absolute atomic E-state index is 12.3. The van der Waals surface area contributed by atoms with E-state index < -0.39 is 0 Å². The van der Waals surface area contributed by atoms with Gasteiger partial charge >= 0.3 is 0 Å². The maximum atomic E-state index is 12.3. The van der Waals surface area contributed by atoms with Gasteiger partial charge < -0.3 is 16.4 Å². The summed E-state index contributed by atoms with van der Waals surface area (Å²) in [4.78, 5) is 24.3. The van der Waals surface area contributed by atoms with E-state index in [0.717, 1.165) is 30.5 Å². The highest BCUT2D eigenvalue weighted by molar-refractivity contribution is 5.97. The predicted molar refractivity (Wildman–Crippen MR) is 99.5 cm³/mol. The van der Waals surface area contributed by atoms with Gasteiger partial charge in [0.05, 0.1) is 0 Å². The van der Waals surface area contributed by atoms with E-state index in [4.69, 9.17) is 5.73 Å². The number of nitrogens with two attached hydrogens (primary N) is 1. The average molecular weight is 354 g/mol. The van der Waals surface area contributed by atoms with Crippen molar-refractivity contribution in [1.82, 2.24) is 5.32 Å². The van der Waals surface area contributed by atoms with Crippen LogP contribution in [0.25, 0.3) is 0 Å². The summed E-state index contributed by atoms with van der Waals surface area (Å²) in [7, 11) is 0. The maximum Gasteiger partial charge on any atom is 0.251 e. The number of carbonyl (C=O) groups is 2. The molecule has 0 spiro atoms. The van der Waals surface area contributed by atoms with Gasteiger partial charge in [0.1, 0.15) is 0 Å². The van der Waals surface area contributed by atoms with Crippen LogP contribution in [-0.4, -0.2) is 24.4 Å². The third-order valence-electron chi connectivity index (χ3n) is 4.26. The Morgan fingerprint density at radius 2 is 2.00 bits per heavy atom. The second kappa shape index (κ2) is 9.04. The first-order chi connectivity index (χ1) is 10.9. The molecule has 1 aromatic rings. The van der Waals surface area contributed by atoms with Gasteiger partial charge in [-0.15, -0.1) is 12.4 Å². The fraction of sp³-hybridized carbons (Fsp3) is 0.556. The van der Waals surface area contributed by atoms with Crippen LogP contribution in [0.3, 0.4) is 0 Å². The summed E-state index contributed by atoms with van der Waals surface area (Å²) in [5, 5.41) is 5.86. The third-order valence-corrected chi connectivity index (χ3v) is 4.26. The number of amides is 2. The molecule has 2 rings (SSSR count).